The molecule has 298 valence electrons. The molecule has 5 aromatic rings. The van der Waals surface area contributed by atoms with Crippen LogP contribution < -0.4 is 31.5 Å². The molecule has 3 amide bonds. The van der Waals surface area contributed by atoms with Crippen LogP contribution in [0.5, 0.6) is 5.75 Å². The number of benzene rings is 2. The van der Waals surface area contributed by atoms with E-state index in [1.54, 1.807) is 51.2 Å². The SMILES string of the molecule is COc1cc2nn(C3CCC(CCN4CCN(c5cccc6c5n(C)c(=O)n6C5CCC(=O)NC5=O)CC4)CC3)cc2cc1C(=O)Nc1cccn(C2CC2)c1=O. The van der Waals surface area contributed by atoms with E-state index in [2.05, 4.69) is 31.2 Å². The third-order valence-electron chi connectivity index (χ3n) is 12.6. The number of methoxy groups -OCH3 is 1. The average molecular weight is 776 g/mol. The summed E-state index contributed by atoms with van der Waals surface area (Å²) in [5.74, 6) is -0.0441. The van der Waals surface area contributed by atoms with E-state index in [0.717, 1.165) is 99.8 Å². The maximum atomic E-state index is 13.4. The number of hydrogen-bond donors (Lipinski definition) is 2. The number of fused-ring (bicyclic) bond motifs is 2. The Kier molecular flexibility index (Phi) is 9.71. The number of carbonyl (C=O) groups excluding carboxylic acids is 3. The normalized spacial score (nSPS) is 21.9. The predicted molar refractivity (Wildman–Crippen MR) is 216 cm³/mol. The molecule has 0 bridgehead atoms. The predicted octanol–water partition coefficient (Wildman–Crippen LogP) is 4.37. The van der Waals surface area contributed by atoms with Crippen LogP contribution >= 0.6 is 0 Å². The number of nitrogens with zero attached hydrogens (tertiary/aromatic N) is 7. The van der Waals surface area contributed by atoms with E-state index in [1.807, 2.05) is 18.3 Å². The van der Waals surface area contributed by atoms with E-state index in [4.69, 9.17) is 9.84 Å². The van der Waals surface area contributed by atoms with Gasteiger partial charge in [-0.25, -0.2) is 4.79 Å². The Morgan fingerprint density at radius 2 is 1.70 bits per heavy atom. The smallest absolute Gasteiger partial charge is 0.329 e. The number of piperazine rings is 1. The van der Waals surface area contributed by atoms with E-state index >= 15 is 0 Å². The number of aromatic nitrogens is 5. The lowest BCUT2D eigenvalue weighted by Crippen LogP contribution is -2.47. The zero-order valence-electron chi connectivity index (χ0n) is 32.5. The van der Waals surface area contributed by atoms with Crippen LogP contribution in [0.4, 0.5) is 11.4 Å². The fourth-order valence-electron chi connectivity index (χ4n) is 9.22. The van der Waals surface area contributed by atoms with Crippen LogP contribution in [-0.4, -0.2) is 85.9 Å². The van der Waals surface area contributed by atoms with E-state index in [-0.39, 0.29) is 47.3 Å². The molecule has 2 aromatic carbocycles. The summed E-state index contributed by atoms with van der Waals surface area (Å²) in [5.41, 5.74) is 3.47. The Balaban J connectivity index is 0.791. The minimum atomic E-state index is -0.701. The van der Waals surface area contributed by atoms with Crippen LogP contribution in [-0.2, 0) is 16.6 Å². The van der Waals surface area contributed by atoms with Crippen molar-refractivity contribution < 1.29 is 19.1 Å². The lowest BCUT2D eigenvalue weighted by Gasteiger charge is -2.37. The van der Waals surface area contributed by atoms with Crippen molar-refractivity contribution >= 4 is 51.0 Å². The molecular weight excluding hydrogens is 727 g/mol. The van der Waals surface area contributed by atoms with Gasteiger partial charge >= 0.3 is 5.69 Å². The second-order valence-electron chi connectivity index (χ2n) is 16.2. The summed E-state index contributed by atoms with van der Waals surface area (Å²) in [6.45, 7) is 4.60. The van der Waals surface area contributed by atoms with Crippen LogP contribution in [0.15, 0.2) is 64.4 Å². The maximum absolute atomic E-state index is 13.4. The van der Waals surface area contributed by atoms with Gasteiger partial charge < -0.3 is 19.5 Å². The number of ether oxygens (including phenoxy) is 1. The van der Waals surface area contributed by atoms with Crippen molar-refractivity contribution in [1.29, 1.82) is 0 Å². The third kappa shape index (κ3) is 7.02. The van der Waals surface area contributed by atoms with Gasteiger partial charge in [0.05, 0.1) is 41.0 Å². The Hall–Kier alpha value is -5.70. The number of para-hydroxylation sites is 1. The van der Waals surface area contributed by atoms with Gasteiger partial charge in [-0.3, -0.25) is 43.2 Å². The molecule has 3 aromatic heterocycles. The number of aryl methyl sites for hydroxylation is 1. The first-order chi connectivity index (χ1) is 27.7. The summed E-state index contributed by atoms with van der Waals surface area (Å²) >= 11 is 0. The largest absolute Gasteiger partial charge is 0.496 e. The third-order valence-corrected chi connectivity index (χ3v) is 12.6. The molecule has 1 unspecified atom stereocenters. The molecule has 57 heavy (non-hydrogen) atoms. The summed E-state index contributed by atoms with van der Waals surface area (Å²) in [6, 6.07) is 12.7. The molecule has 15 heteroatoms. The lowest BCUT2D eigenvalue weighted by molar-refractivity contribution is -0.135. The number of hydrogen-bond acceptors (Lipinski definition) is 9. The van der Waals surface area contributed by atoms with Crippen LogP contribution in [0.1, 0.15) is 86.3 Å². The van der Waals surface area contributed by atoms with Crippen molar-refractivity contribution in [3.05, 3.63) is 81.3 Å². The van der Waals surface area contributed by atoms with Crippen molar-refractivity contribution in [2.75, 3.05) is 50.1 Å². The van der Waals surface area contributed by atoms with Gasteiger partial charge in [0, 0.05) is 69.5 Å². The van der Waals surface area contributed by atoms with E-state index < -0.39 is 11.9 Å². The highest BCUT2D eigenvalue weighted by Crippen LogP contribution is 2.37. The molecular formula is C42H49N9O6. The minimum Gasteiger partial charge on any atom is -0.496 e. The summed E-state index contributed by atoms with van der Waals surface area (Å²) in [6.07, 6.45) is 11.8. The number of rotatable bonds is 10. The number of amides is 3. The fraction of sp³-hybridized carbons (Fsp3) is 0.476. The first-order valence-electron chi connectivity index (χ1n) is 20.3. The molecule has 2 N–H and O–H groups in total. The standard InChI is InChI=1S/C42H49N9O6/c1-46-38-33(6-3-7-34(38)51(42(46)56)35-14-15-37(52)44-40(35)54)48-21-19-47(20-22-48)18-16-26-8-10-29(11-9-26)50-25-27-23-30(36(57-2)24-32(27)45-50)39(53)43-31-5-4-17-49(41(31)55)28-12-13-28/h3-7,17,23-26,28-29,35H,8-16,18-22H2,1-2H3,(H,43,53)(H,44,52,54). The molecule has 2 saturated carbocycles. The molecule has 4 fully saturated rings. The Labute approximate surface area is 329 Å². The molecule has 2 saturated heterocycles. The second kappa shape index (κ2) is 15.0. The highest BCUT2D eigenvalue weighted by molar-refractivity contribution is 6.08. The number of carbonyl (C=O) groups is 3. The fourth-order valence-corrected chi connectivity index (χ4v) is 9.22. The monoisotopic (exact) mass is 775 g/mol. The highest BCUT2D eigenvalue weighted by atomic mass is 16.5. The van der Waals surface area contributed by atoms with Gasteiger partial charge in [0.2, 0.25) is 11.8 Å². The molecule has 2 aliphatic heterocycles. The van der Waals surface area contributed by atoms with Gasteiger partial charge in [0.1, 0.15) is 17.5 Å². The molecule has 1 atom stereocenters. The number of piperidine rings is 1. The second-order valence-corrected chi connectivity index (χ2v) is 16.2. The van der Waals surface area contributed by atoms with E-state index in [0.29, 0.717) is 29.2 Å². The quantitative estimate of drug-likeness (QED) is 0.197. The lowest BCUT2D eigenvalue weighted by atomic mass is 9.84. The number of imide groups is 1. The van der Waals surface area contributed by atoms with Crippen LogP contribution in [0.2, 0.25) is 0 Å². The molecule has 2 aliphatic carbocycles. The van der Waals surface area contributed by atoms with E-state index in [9.17, 15) is 24.0 Å². The first-order valence-corrected chi connectivity index (χ1v) is 20.3. The Morgan fingerprint density at radius 1 is 0.930 bits per heavy atom. The number of imidazole rings is 1. The Bertz CT molecular complexity index is 2490. The first kappa shape index (κ1) is 36.9. The van der Waals surface area contributed by atoms with Gasteiger partial charge in [-0.05, 0) is 94.2 Å². The maximum Gasteiger partial charge on any atom is 0.329 e. The number of nitrogens with one attached hydrogen (secondary N) is 2. The van der Waals surface area contributed by atoms with Gasteiger partial charge in [-0.1, -0.05) is 6.07 Å². The van der Waals surface area contributed by atoms with Crippen LogP contribution in [0.3, 0.4) is 0 Å². The van der Waals surface area contributed by atoms with Gasteiger partial charge in [-0.15, -0.1) is 0 Å². The minimum absolute atomic E-state index is 0.194. The molecule has 0 radical (unpaired) electrons. The zero-order chi connectivity index (χ0) is 39.4. The molecule has 4 aliphatic rings. The number of pyridine rings is 1. The molecule has 0 spiro atoms. The average Bonchev–Trinajstić information content (AvgIpc) is 3.93. The summed E-state index contributed by atoms with van der Waals surface area (Å²) in [4.78, 5) is 69.1. The van der Waals surface area contributed by atoms with Crippen LogP contribution in [0, 0.1) is 5.92 Å². The summed E-state index contributed by atoms with van der Waals surface area (Å²) in [5, 5.41) is 11.0. The summed E-state index contributed by atoms with van der Waals surface area (Å²) < 4.78 is 12.5. The van der Waals surface area contributed by atoms with Crippen molar-refractivity contribution in [2.45, 2.75) is 75.9 Å². The topological polar surface area (TPSA) is 158 Å². The molecule has 15 nitrogen and oxygen atoms in total. The van der Waals surface area contributed by atoms with Gasteiger partial charge in [0.15, 0.2) is 0 Å². The van der Waals surface area contributed by atoms with Gasteiger partial charge in [0.25, 0.3) is 11.5 Å². The van der Waals surface area contributed by atoms with Crippen molar-refractivity contribution in [2.24, 2.45) is 13.0 Å². The zero-order valence-corrected chi connectivity index (χ0v) is 32.5. The Morgan fingerprint density at radius 3 is 2.44 bits per heavy atom. The van der Waals surface area contributed by atoms with Crippen molar-refractivity contribution in [1.82, 2.24) is 33.7 Å². The van der Waals surface area contributed by atoms with Gasteiger partial charge in [-0.2, -0.15) is 5.10 Å². The van der Waals surface area contributed by atoms with E-state index in [1.165, 1.54) is 7.11 Å². The summed E-state index contributed by atoms with van der Waals surface area (Å²) in [7, 11) is 3.29. The highest BCUT2D eigenvalue weighted by Gasteiger charge is 2.33. The van der Waals surface area contributed by atoms with Crippen molar-refractivity contribution in [3.8, 4) is 5.75 Å². The molecule has 5 heterocycles. The van der Waals surface area contributed by atoms with Crippen LogP contribution in [0.25, 0.3) is 21.9 Å². The van der Waals surface area contributed by atoms with Crippen molar-refractivity contribution in [3.63, 3.8) is 0 Å². The number of anilines is 2. The molecule has 9 rings (SSSR count).